The summed E-state index contributed by atoms with van der Waals surface area (Å²) in [6.07, 6.45) is 1.24. The van der Waals surface area contributed by atoms with Gasteiger partial charge in [0.05, 0.1) is 0 Å². The lowest BCUT2D eigenvalue weighted by Crippen LogP contribution is -2.39. The molecule has 1 unspecified atom stereocenters. The van der Waals surface area contributed by atoms with Gasteiger partial charge >= 0.3 is 0 Å². The fraction of sp³-hybridized carbons (Fsp3) is 0.562. The maximum Gasteiger partial charge on any atom is 0.138 e. The first-order chi connectivity index (χ1) is 9.15. The van der Waals surface area contributed by atoms with Gasteiger partial charge in [0.15, 0.2) is 0 Å². The zero-order valence-electron chi connectivity index (χ0n) is 11.8. The summed E-state index contributed by atoms with van der Waals surface area (Å²) in [5, 5.41) is 3.42. The van der Waals surface area contributed by atoms with Crippen molar-refractivity contribution < 1.29 is 4.79 Å². The normalized spacial score (nSPS) is 19.6. The molecule has 2 nitrogen and oxygen atoms in total. The lowest BCUT2D eigenvalue weighted by atomic mass is 9.99. The molecule has 1 aromatic rings. The highest BCUT2D eigenvalue weighted by atomic mass is 32.2. The highest BCUT2D eigenvalue weighted by Crippen LogP contribution is 2.16. The number of carbonyl (C=O) groups excluding carboxylic acids is 1. The van der Waals surface area contributed by atoms with Crippen LogP contribution in [-0.4, -0.2) is 29.9 Å². The highest BCUT2D eigenvalue weighted by molar-refractivity contribution is 7.99. The summed E-state index contributed by atoms with van der Waals surface area (Å²) in [6.45, 7) is 5.41. The molecule has 2 rings (SSSR count). The van der Waals surface area contributed by atoms with E-state index >= 15 is 0 Å². The van der Waals surface area contributed by atoms with E-state index in [1.165, 1.54) is 11.3 Å². The number of carbonyl (C=O) groups is 1. The predicted molar refractivity (Wildman–Crippen MR) is 83.0 cm³/mol. The minimum absolute atomic E-state index is 0.345. The van der Waals surface area contributed by atoms with Crippen molar-refractivity contribution in [2.24, 2.45) is 0 Å². The topological polar surface area (TPSA) is 29.1 Å². The van der Waals surface area contributed by atoms with Crippen molar-refractivity contribution in [2.45, 2.75) is 38.6 Å². The van der Waals surface area contributed by atoms with Gasteiger partial charge in [-0.1, -0.05) is 38.1 Å². The summed E-state index contributed by atoms with van der Waals surface area (Å²) >= 11 is 1.94. The summed E-state index contributed by atoms with van der Waals surface area (Å²) < 4.78 is 0. The molecule has 0 radical (unpaired) electrons. The maximum absolute atomic E-state index is 12.1. The van der Waals surface area contributed by atoms with Crippen LogP contribution in [0.4, 0.5) is 0 Å². The van der Waals surface area contributed by atoms with Crippen LogP contribution in [0, 0.1) is 0 Å². The van der Waals surface area contributed by atoms with Crippen molar-refractivity contribution in [1.29, 1.82) is 0 Å². The number of Topliss-reactive ketones (excluding diaryl/α,β-unsaturated/α-hetero) is 1. The summed E-state index contributed by atoms with van der Waals surface area (Å²) in [4.78, 5) is 12.1. The van der Waals surface area contributed by atoms with Gasteiger partial charge in [-0.05, 0) is 17.0 Å². The Hall–Kier alpha value is -0.800. The van der Waals surface area contributed by atoms with Crippen molar-refractivity contribution in [3.8, 4) is 0 Å². The number of ketones is 1. The highest BCUT2D eigenvalue weighted by Gasteiger charge is 2.16. The molecule has 19 heavy (non-hydrogen) atoms. The second-order valence-corrected chi connectivity index (χ2v) is 6.69. The molecular weight excluding hydrogens is 254 g/mol. The Kier molecular flexibility index (Phi) is 5.46. The van der Waals surface area contributed by atoms with Crippen LogP contribution in [0.1, 0.15) is 37.3 Å². The minimum atomic E-state index is 0.345. The van der Waals surface area contributed by atoms with Crippen molar-refractivity contribution in [3.63, 3.8) is 0 Å². The molecule has 1 N–H and O–H groups in total. The molecule has 1 aliphatic heterocycles. The molecule has 1 aromatic carbocycles. The molecule has 1 aliphatic rings. The molecule has 0 saturated carbocycles. The number of thioether (sulfide) groups is 1. The summed E-state index contributed by atoms with van der Waals surface area (Å²) in [6, 6.07) is 8.84. The molecule has 0 spiro atoms. The van der Waals surface area contributed by atoms with Gasteiger partial charge < -0.3 is 5.32 Å². The monoisotopic (exact) mass is 277 g/mol. The van der Waals surface area contributed by atoms with Crippen molar-refractivity contribution >= 4 is 17.5 Å². The van der Waals surface area contributed by atoms with Crippen molar-refractivity contribution in [2.75, 3.05) is 18.1 Å². The van der Waals surface area contributed by atoms with Gasteiger partial charge in [0.2, 0.25) is 0 Å². The van der Waals surface area contributed by atoms with Crippen LogP contribution in [0.2, 0.25) is 0 Å². The molecular formula is C16H23NOS. The summed E-state index contributed by atoms with van der Waals surface area (Å²) in [7, 11) is 0. The Balaban J connectivity index is 1.84. The van der Waals surface area contributed by atoms with Gasteiger partial charge in [-0.2, -0.15) is 11.8 Å². The van der Waals surface area contributed by atoms with Crippen molar-refractivity contribution in [1.82, 2.24) is 5.32 Å². The number of hydrogen-bond donors (Lipinski definition) is 1. The Morgan fingerprint density at radius 2 is 2.11 bits per heavy atom. The van der Waals surface area contributed by atoms with Crippen LogP contribution in [-0.2, 0) is 11.2 Å². The number of rotatable bonds is 5. The third-order valence-electron chi connectivity index (χ3n) is 3.52. The Labute approximate surface area is 120 Å². The third-order valence-corrected chi connectivity index (χ3v) is 4.65. The molecule has 1 fully saturated rings. The number of benzene rings is 1. The van der Waals surface area contributed by atoms with Crippen LogP contribution in [0.5, 0.6) is 0 Å². The third kappa shape index (κ3) is 4.66. The molecule has 1 saturated heterocycles. The Morgan fingerprint density at radius 1 is 1.37 bits per heavy atom. The van der Waals surface area contributed by atoms with E-state index in [0.29, 0.717) is 30.6 Å². The fourth-order valence-corrected chi connectivity index (χ4v) is 3.29. The Bertz CT molecular complexity index is 407. The SMILES string of the molecule is CC(C)c1ccc(CC(=O)CC2CSCCN2)cc1. The second-order valence-electron chi connectivity index (χ2n) is 5.54. The molecule has 0 aliphatic carbocycles. The summed E-state index contributed by atoms with van der Waals surface area (Å²) in [5.41, 5.74) is 2.47. The molecule has 1 heterocycles. The molecule has 0 aromatic heterocycles. The van der Waals surface area contributed by atoms with Gasteiger partial charge in [0.25, 0.3) is 0 Å². The standard InChI is InChI=1S/C16H23NOS/c1-12(2)14-5-3-13(4-6-14)9-16(18)10-15-11-19-8-7-17-15/h3-6,12,15,17H,7-11H2,1-2H3. The first kappa shape index (κ1) is 14.6. The minimum Gasteiger partial charge on any atom is -0.312 e. The van der Waals surface area contributed by atoms with Gasteiger partial charge in [0.1, 0.15) is 5.78 Å². The number of nitrogens with one attached hydrogen (secondary N) is 1. The first-order valence-corrected chi connectivity index (χ1v) is 8.22. The molecule has 3 heteroatoms. The lowest BCUT2D eigenvalue weighted by Gasteiger charge is -2.22. The van der Waals surface area contributed by atoms with E-state index in [1.807, 2.05) is 11.8 Å². The Morgan fingerprint density at radius 3 is 2.68 bits per heavy atom. The zero-order valence-corrected chi connectivity index (χ0v) is 12.6. The zero-order chi connectivity index (χ0) is 13.7. The smallest absolute Gasteiger partial charge is 0.138 e. The van der Waals surface area contributed by atoms with Gasteiger partial charge in [-0.25, -0.2) is 0 Å². The summed E-state index contributed by atoms with van der Waals surface area (Å²) in [5.74, 6) is 3.13. The van der Waals surface area contributed by atoms with Crippen LogP contribution in [0.25, 0.3) is 0 Å². The van der Waals surface area contributed by atoms with Gasteiger partial charge in [0, 0.05) is 36.9 Å². The van der Waals surface area contributed by atoms with Crippen LogP contribution < -0.4 is 5.32 Å². The van der Waals surface area contributed by atoms with E-state index in [0.717, 1.165) is 17.9 Å². The van der Waals surface area contributed by atoms with E-state index in [1.54, 1.807) is 0 Å². The average molecular weight is 277 g/mol. The predicted octanol–water partition coefficient (Wildman–Crippen LogP) is 3.02. The number of hydrogen-bond acceptors (Lipinski definition) is 3. The largest absolute Gasteiger partial charge is 0.312 e. The van der Waals surface area contributed by atoms with Gasteiger partial charge in [-0.15, -0.1) is 0 Å². The van der Waals surface area contributed by atoms with E-state index < -0.39 is 0 Å². The van der Waals surface area contributed by atoms with Gasteiger partial charge in [-0.3, -0.25) is 4.79 Å². The first-order valence-electron chi connectivity index (χ1n) is 7.07. The molecule has 0 bridgehead atoms. The van der Waals surface area contributed by atoms with Crippen LogP contribution >= 0.6 is 11.8 Å². The van der Waals surface area contributed by atoms with E-state index in [4.69, 9.17) is 0 Å². The average Bonchev–Trinajstić information content (AvgIpc) is 2.40. The van der Waals surface area contributed by atoms with Crippen LogP contribution in [0.15, 0.2) is 24.3 Å². The molecule has 104 valence electrons. The fourth-order valence-electron chi connectivity index (χ4n) is 2.35. The second kappa shape index (κ2) is 7.11. The lowest BCUT2D eigenvalue weighted by molar-refractivity contribution is -0.118. The molecule has 1 atom stereocenters. The van der Waals surface area contributed by atoms with E-state index in [-0.39, 0.29) is 0 Å². The maximum atomic E-state index is 12.1. The van der Waals surface area contributed by atoms with E-state index in [2.05, 4.69) is 43.4 Å². The van der Waals surface area contributed by atoms with E-state index in [9.17, 15) is 4.79 Å². The molecule has 0 amide bonds. The van der Waals surface area contributed by atoms with Crippen molar-refractivity contribution in [3.05, 3.63) is 35.4 Å². The van der Waals surface area contributed by atoms with Crippen LogP contribution in [0.3, 0.4) is 0 Å². The quantitative estimate of drug-likeness (QED) is 0.897.